The Morgan fingerprint density at radius 3 is 2.38 bits per heavy atom. The average Bonchev–Trinajstić information content (AvgIpc) is 3.55. The lowest BCUT2D eigenvalue weighted by Gasteiger charge is -2.71. The predicted octanol–water partition coefficient (Wildman–Crippen LogP) is 5.33. The monoisotopic (exact) mass is 727 g/mol. The highest BCUT2D eigenvalue weighted by molar-refractivity contribution is 5.78. The lowest BCUT2D eigenvalue weighted by molar-refractivity contribution is -0.291. The van der Waals surface area contributed by atoms with E-state index in [-0.39, 0.29) is 51.7 Å². The molecule has 13 atom stereocenters. The van der Waals surface area contributed by atoms with Crippen LogP contribution >= 0.6 is 0 Å². The molecule has 5 aliphatic carbocycles. The highest BCUT2D eigenvalue weighted by Crippen LogP contribution is 2.75. The Kier molecular flexibility index (Phi) is 9.68. The molecule has 292 valence electrons. The van der Waals surface area contributed by atoms with Crippen molar-refractivity contribution in [1.82, 2.24) is 15.0 Å². The van der Waals surface area contributed by atoms with Gasteiger partial charge in [-0.3, -0.25) is 9.48 Å². The molecule has 0 aromatic carbocycles. The zero-order chi connectivity index (χ0) is 37.6. The van der Waals surface area contributed by atoms with Crippen molar-refractivity contribution in [2.45, 2.75) is 169 Å². The summed E-state index contributed by atoms with van der Waals surface area (Å²) in [7, 11) is 1.37. The van der Waals surface area contributed by atoms with Crippen LogP contribution in [0.4, 0.5) is 0 Å². The first-order chi connectivity index (χ1) is 24.3. The number of allylic oxidation sites excluding steroid dienone is 2. The van der Waals surface area contributed by atoms with Gasteiger partial charge in [0.2, 0.25) is 0 Å². The van der Waals surface area contributed by atoms with Crippen molar-refractivity contribution in [1.29, 1.82) is 0 Å². The van der Waals surface area contributed by atoms with Gasteiger partial charge in [0.25, 0.3) is 0 Å². The molecule has 1 aromatic heterocycles. The van der Waals surface area contributed by atoms with E-state index >= 15 is 0 Å². The third kappa shape index (κ3) is 5.76. The topological polar surface area (TPSA) is 156 Å². The molecule has 11 heteroatoms. The van der Waals surface area contributed by atoms with Gasteiger partial charge >= 0.3 is 5.97 Å². The zero-order valence-corrected chi connectivity index (χ0v) is 32.8. The second-order valence-electron chi connectivity index (χ2n) is 19.8. The van der Waals surface area contributed by atoms with E-state index in [1.807, 2.05) is 0 Å². The number of aryl methyl sites for hydroxylation is 1. The van der Waals surface area contributed by atoms with Gasteiger partial charge in [0.1, 0.15) is 30.6 Å². The molecule has 52 heavy (non-hydrogen) atoms. The van der Waals surface area contributed by atoms with Crippen LogP contribution < -0.4 is 0 Å². The Labute approximate surface area is 309 Å². The summed E-state index contributed by atoms with van der Waals surface area (Å²) in [5.74, 6) is 1.07. The zero-order valence-electron chi connectivity index (χ0n) is 32.8. The van der Waals surface area contributed by atoms with Gasteiger partial charge in [-0.2, -0.15) is 0 Å². The standard InChI is InChI=1S/C41H65N3O8/c1-36(2)16-18-41(35(49)51-23-24-22-44(43-42-24)20-13-27-31(46)32(47)33(48)34(50-8)52-27)19-17-39(6)25(26(41)21-36)9-10-29-38(5)14-12-30(45)37(3,4)28(38)11-15-40(29,39)7/h9,22,26-34,45-48H,10-21,23H2,1-8H3/t26-,27+,28-,29+,30-,31+,32-,33+,34-,38-,39+,40+,41-/m0/s1. The van der Waals surface area contributed by atoms with Gasteiger partial charge in [0, 0.05) is 13.7 Å². The molecular formula is C41H65N3O8. The Morgan fingerprint density at radius 2 is 1.65 bits per heavy atom. The molecule has 0 spiro atoms. The van der Waals surface area contributed by atoms with Crippen LogP contribution in [0.5, 0.6) is 0 Å². The number of ether oxygens (including phenoxy) is 3. The highest BCUT2D eigenvalue weighted by atomic mass is 16.7. The number of hydrogen-bond acceptors (Lipinski definition) is 10. The van der Waals surface area contributed by atoms with Crippen LogP contribution in [-0.4, -0.2) is 85.3 Å². The largest absolute Gasteiger partial charge is 0.459 e. The number of hydrogen-bond donors (Lipinski definition) is 4. The van der Waals surface area contributed by atoms with Crippen LogP contribution in [0.1, 0.15) is 125 Å². The SMILES string of the molecule is CO[C@H]1O[C@H](CCn2cc(COC(=O)[C@]34CCC(C)(C)C[C@H]3C3=CC[C@@H]5[C@@]6(C)CC[C@H](O)C(C)(C)[C@@H]6CC[C@@]5(C)[C@]3(C)CC4)nn2)[C@@H](O)[C@H](O)[C@H]1O. The van der Waals surface area contributed by atoms with Crippen LogP contribution in [-0.2, 0) is 32.2 Å². The summed E-state index contributed by atoms with van der Waals surface area (Å²) in [4.78, 5) is 14.5. The van der Waals surface area contributed by atoms with Gasteiger partial charge in [-0.25, -0.2) is 0 Å². The first kappa shape index (κ1) is 38.4. The summed E-state index contributed by atoms with van der Waals surface area (Å²) in [6, 6.07) is 0. The molecule has 0 amide bonds. The molecule has 0 bridgehead atoms. The van der Waals surface area contributed by atoms with Crippen LogP contribution in [0.2, 0.25) is 0 Å². The van der Waals surface area contributed by atoms with E-state index in [0.717, 1.165) is 64.2 Å². The predicted molar refractivity (Wildman–Crippen MR) is 193 cm³/mol. The normalized spacial score (nSPS) is 46.5. The van der Waals surface area contributed by atoms with Gasteiger partial charge in [-0.05, 0) is 115 Å². The molecule has 5 fully saturated rings. The molecule has 6 aliphatic rings. The minimum Gasteiger partial charge on any atom is -0.459 e. The van der Waals surface area contributed by atoms with Gasteiger partial charge in [0.05, 0.1) is 23.8 Å². The van der Waals surface area contributed by atoms with Crippen molar-refractivity contribution < 1.29 is 39.4 Å². The lowest BCUT2D eigenvalue weighted by Crippen LogP contribution is -2.65. The van der Waals surface area contributed by atoms with E-state index in [0.29, 0.717) is 30.5 Å². The molecule has 1 aromatic rings. The molecule has 11 nitrogen and oxygen atoms in total. The summed E-state index contributed by atoms with van der Waals surface area (Å²) >= 11 is 0. The summed E-state index contributed by atoms with van der Waals surface area (Å²) < 4.78 is 18.6. The van der Waals surface area contributed by atoms with E-state index in [9.17, 15) is 25.2 Å². The number of aliphatic hydroxyl groups is 4. The van der Waals surface area contributed by atoms with E-state index in [4.69, 9.17) is 14.2 Å². The molecule has 4 N–H and O–H groups in total. The van der Waals surface area contributed by atoms with Crippen molar-refractivity contribution in [3.63, 3.8) is 0 Å². The van der Waals surface area contributed by atoms with Gasteiger partial charge in [0.15, 0.2) is 6.29 Å². The third-order valence-corrected chi connectivity index (χ3v) is 16.5. The van der Waals surface area contributed by atoms with E-state index in [2.05, 4.69) is 64.9 Å². The molecule has 7 rings (SSSR count). The molecule has 1 aliphatic heterocycles. The Balaban J connectivity index is 1.07. The van der Waals surface area contributed by atoms with Crippen LogP contribution in [0.3, 0.4) is 0 Å². The lowest BCUT2D eigenvalue weighted by atomic mass is 9.33. The first-order valence-corrected chi connectivity index (χ1v) is 20.0. The summed E-state index contributed by atoms with van der Waals surface area (Å²) in [6.45, 7) is 17.3. The van der Waals surface area contributed by atoms with Crippen molar-refractivity contribution >= 4 is 5.97 Å². The van der Waals surface area contributed by atoms with E-state index in [1.54, 1.807) is 10.9 Å². The first-order valence-electron chi connectivity index (χ1n) is 20.0. The number of aromatic nitrogens is 3. The number of carbonyl (C=O) groups excluding carboxylic acids is 1. The Bertz CT molecular complexity index is 1540. The second-order valence-corrected chi connectivity index (χ2v) is 19.8. The number of aliphatic hydroxyl groups excluding tert-OH is 4. The number of carbonyl (C=O) groups is 1. The maximum Gasteiger partial charge on any atom is 0.313 e. The number of rotatable bonds is 7. The molecule has 1 saturated heterocycles. The van der Waals surface area contributed by atoms with Crippen molar-refractivity contribution in [2.24, 2.45) is 50.2 Å². The maximum atomic E-state index is 14.5. The molecular weight excluding hydrogens is 662 g/mol. The van der Waals surface area contributed by atoms with Gasteiger partial charge in [-0.1, -0.05) is 65.3 Å². The highest BCUT2D eigenvalue weighted by Gasteiger charge is 2.69. The van der Waals surface area contributed by atoms with Crippen LogP contribution in [0, 0.1) is 50.2 Å². The van der Waals surface area contributed by atoms with Gasteiger partial charge < -0.3 is 34.6 Å². The molecule has 0 radical (unpaired) electrons. The Hall–Kier alpha value is -1.89. The smallest absolute Gasteiger partial charge is 0.313 e. The fourth-order valence-electron chi connectivity index (χ4n) is 13.0. The minimum atomic E-state index is -1.38. The number of esters is 1. The number of fused-ring (bicyclic) bond motifs is 7. The van der Waals surface area contributed by atoms with E-state index < -0.39 is 36.1 Å². The maximum absolute atomic E-state index is 14.5. The number of nitrogens with zero attached hydrogens (tertiary/aromatic N) is 3. The summed E-state index contributed by atoms with van der Waals surface area (Å²) in [5.41, 5.74) is 1.84. The molecule has 2 heterocycles. The van der Waals surface area contributed by atoms with Crippen molar-refractivity contribution in [3.05, 3.63) is 23.5 Å². The Morgan fingerprint density at radius 1 is 0.923 bits per heavy atom. The summed E-state index contributed by atoms with van der Waals surface area (Å²) in [6.07, 6.45) is 8.50. The third-order valence-electron chi connectivity index (χ3n) is 16.5. The van der Waals surface area contributed by atoms with Crippen molar-refractivity contribution in [2.75, 3.05) is 7.11 Å². The fraction of sp³-hybridized carbons (Fsp3) is 0.878. The van der Waals surface area contributed by atoms with Crippen LogP contribution in [0.25, 0.3) is 0 Å². The second kappa shape index (κ2) is 13.1. The van der Waals surface area contributed by atoms with E-state index in [1.165, 1.54) is 12.7 Å². The fourth-order valence-corrected chi connectivity index (χ4v) is 13.0. The minimum absolute atomic E-state index is 0.00168. The molecule has 0 unspecified atom stereocenters. The number of methoxy groups -OCH3 is 1. The van der Waals surface area contributed by atoms with Crippen LogP contribution in [0.15, 0.2) is 17.8 Å². The molecule has 4 saturated carbocycles. The van der Waals surface area contributed by atoms with Gasteiger partial charge in [-0.15, -0.1) is 5.10 Å². The quantitative estimate of drug-likeness (QED) is 0.214. The van der Waals surface area contributed by atoms with Crippen molar-refractivity contribution in [3.8, 4) is 0 Å². The summed E-state index contributed by atoms with van der Waals surface area (Å²) in [5, 5.41) is 50.3. The average molecular weight is 728 g/mol.